The van der Waals surface area contributed by atoms with Gasteiger partial charge in [0.05, 0.1) is 12.6 Å². The molecule has 4 unspecified atom stereocenters. The number of carboxylic acids is 2. The SMILES string of the molecule is CN1c2ccccc2CCC1C(N)=O.CN1c2ccccc2CCC1CN.COC(=O)C1CCc2ccccc2N1C.N.O=C(O)C1CCc2ccccc2N1.O=C(O)c1ccc2ccccc2n1.[AlH3].[H-].[Li+]. The number of hydrogen-bond donors (Lipinski definition) is 6. The zero-order chi connectivity index (χ0) is 48.7. The van der Waals surface area contributed by atoms with E-state index >= 15 is 0 Å². The summed E-state index contributed by atoms with van der Waals surface area (Å²) in [5.41, 5.74) is 21.7. The molecule has 4 atom stereocenters. The van der Waals surface area contributed by atoms with Crippen LogP contribution in [0.5, 0.6) is 0 Å². The van der Waals surface area contributed by atoms with E-state index in [0.29, 0.717) is 18.0 Å². The normalized spacial score (nSPS) is 17.6. The molecule has 1 aromatic heterocycles. The Balaban J connectivity index is 0.000000304. The van der Waals surface area contributed by atoms with Crippen molar-refractivity contribution >= 4 is 74.8 Å². The third-order valence-corrected chi connectivity index (χ3v) is 13.0. The number of rotatable bonds is 5. The van der Waals surface area contributed by atoms with Crippen molar-refractivity contribution in [1.82, 2.24) is 11.1 Å². The number of benzene rings is 5. The number of aromatic nitrogens is 1. The number of anilines is 4. The van der Waals surface area contributed by atoms with Crippen LogP contribution in [0.4, 0.5) is 22.7 Å². The van der Waals surface area contributed by atoms with Crippen LogP contribution in [0.25, 0.3) is 10.9 Å². The van der Waals surface area contributed by atoms with E-state index < -0.39 is 18.0 Å². The number of methoxy groups -OCH3 is 1. The van der Waals surface area contributed by atoms with Crippen molar-refractivity contribution in [1.29, 1.82) is 0 Å². The van der Waals surface area contributed by atoms with Gasteiger partial charge in [-0.3, -0.25) is 4.79 Å². The van der Waals surface area contributed by atoms with Gasteiger partial charge in [-0.2, -0.15) is 0 Å². The molecule has 0 fully saturated rings. The zero-order valence-electron chi connectivity index (χ0n) is 42.0. The number of carbonyl (C=O) groups is 4. The van der Waals surface area contributed by atoms with Crippen molar-refractivity contribution in [3.05, 3.63) is 161 Å². The second-order valence-corrected chi connectivity index (χ2v) is 17.1. The molecule has 0 saturated heterocycles. The summed E-state index contributed by atoms with van der Waals surface area (Å²) in [7, 11) is 7.44. The Bertz CT molecular complexity index is 2700. The minimum absolute atomic E-state index is 0. The number of nitrogens with two attached hydrogens (primary N) is 2. The number of esters is 1. The van der Waals surface area contributed by atoms with E-state index in [1.807, 2.05) is 103 Å². The molecular weight excluding hydrogens is 907 g/mol. The van der Waals surface area contributed by atoms with Gasteiger partial charge in [0.2, 0.25) is 5.91 Å². The number of carboxylic acid groups (broad SMARTS) is 2. The maximum absolute atomic E-state index is 11.5. The van der Waals surface area contributed by atoms with Crippen LogP contribution in [-0.2, 0) is 44.8 Å². The number of primary amides is 1. The summed E-state index contributed by atoms with van der Waals surface area (Å²) in [4.78, 5) is 54.2. The second-order valence-electron chi connectivity index (χ2n) is 17.1. The summed E-state index contributed by atoms with van der Waals surface area (Å²) in [6, 6.07) is 43.2. The predicted molar refractivity (Wildman–Crippen MR) is 286 cm³/mol. The molecule has 0 aliphatic carbocycles. The van der Waals surface area contributed by atoms with Gasteiger partial charge in [0.15, 0.2) is 17.4 Å². The monoisotopic (exact) mass is 977 g/mol. The van der Waals surface area contributed by atoms with E-state index in [1.54, 1.807) is 12.1 Å². The quantitative estimate of drug-likeness (QED) is 0.107. The maximum Gasteiger partial charge on any atom is 1.00 e. The molecule has 6 aromatic rings. The third-order valence-electron chi connectivity index (χ3n) is 13.0. The standard InChI is InChI=1S/C12H15NO2.C11H14N2O.C11H16N2.C10H11NO2.C10H7NO2.Al.Li.H3N.4H/c1-13-10-6-4-3-5-9(10)7-8-11(13)12(14)15-2;1-13-9-5-3-2-4-8(9)6-7-10(13)11(12)14;1-13-10(8-12)7-6-9-4-2-3-5-11(9)13;2*12-10(13)9-6-5-7-3-1-2-4-8(7)11-9;;;;;;;/h3-6,11H,7-8H2,1-2H3;2-5,10H,6-7H2,1H3,(H2,12,14);2-5,10H,6-8,12H2,1H3;1-4,9,11H,5-6H2,(H,12,13);1-6H,(H,12,13);;;1H3;;;;/q;;;;;;+1;;;;;-1. The first-order chi connectivity index (χ1) is 32.8. The van der Waals surface area contributed by atoms with E-state index in [9.17, 15) is 19.2 Å². The average molecular weight is 977 g/mol. The Kier molecular flexibility index (Phi) is 23.6. The molecule has 0 bridgehead atoms. The molecule has 372 valence electrons. The molecule has 5 aromatic carbocycles. The molecule has 10 rings (SSSR count). The van der Waals surface area contributed by atoms with Gasteiger partial charge in [0.1, 0.15) is 23.8 Å². The number of likely N-dealkylation sites (N-methyl/N-ethyl adjacent to an activating group) is 3. The average Bonchev–Trinajstić information content (AvgIpc) is 3.37. The number of nitrogens with one attached hydrogen (secondary N) is 1. The van der Waals surface area contributed by atoms with E-state index in [0.717, 1.165) is 61.1 Å². The summed E-state index contributed by atoms with van der Waals surface area (Å²) >= 11 is 0. The Morgan fingerprint density at radius 2 is 1.11 bits per heavy atom. The summed E-state index contributed by atoms with van der Waals surface area (Å²) in [5.74, 6) is -2.14. The fourth-order valence-corrected chi connectivity index (χ4v) is 9.05. The Morgan fingerprint density at radius 1 is 0.648 bits per heavy atom. The van der Waals surface area contributed by atoms with Crippen LogP contribution in [-0.4, -0.2) is 115 Å². The van der Waals surface area contributed by atoms with Crippen LogP contribution in [0.1, 0.15) is 59.9 Å². The number of hydrogen-bond acceptors (Lipinski definition) is 12. The van der Waals surface area contributed by atoms with Crippen LogP contribution in [0.3, 0.4) is 0 Å². The fraction of sp³-hybridized carbons (Fsp3) is 0.315. The number of para-hydroxylation sites is 5. The molecule has 71 heavy (non-hydrogen) atoms. The molecule has 0 radical (unpaired) electrons. The third kappa shape index (κ3) is 15.3. The molecule has 15 nitrogen and oxygen atoms in total. The molecule has 0 spiro atoms. The topological polar surface area (TPSA) is 240 Å². The zero-order valence-corrected chi connectivity index (χ0v) is 41.0. The van der Waals surface area contributed by atoms with Gasteiger partial charge in [0, 0.05) is 61.9 Å². The predicted octanol–water partition coefficient (Wildman–Crippen LogP) is 3.46. The minimum Gasteiger partial charge on any atom is -1.00 e. The summed E-state index contributed by atoms with van der Waals surface area (Å²) < 4.78 is 4.79. The first-order valence-electron chi connectivity index (χ1n) is 23.0. The van der Waals surface area contributed by atoms with Crippen LogP contribution in [0, 0.1) is 0 Å². The van der Waals surface area contributed by atoms with Crippen molar-refractivity contribution in [2.24, 2.45) is 11.5 Å². The van der Waals surface area contributed by atoms with Gasteiger partial charge in [-0.25, -0.2) is 19.4 Å². The van der Waals surface area contributed by atoms with Crippen molar-refractivity contribution in [3.63, 3.8) is 0 Å². The first-order valence-corrected chi connectivity index (χ1v) is 23.0. The number of ether oxygens (including phenoxy) is 1. The van der Waals surface area contributed by atoms with E-state index in [2.05, 4.69) is 58.6 Å². The molecular formula is C54H70AlLiN8O7. The molecule has 4 aliphatic heterocycles. The number of fused-ring (bicyclic) bond motifs is 5. The number of amides is 1. The smallest absolute Gasteiger partial charge is 1.00 e. The van der Waals surface area contributed by atoms with Crippen molar-refractivity contribution in [3.8, 4) is 0 Å². The first kappa shape index (κ1) is 59.0. The van der Waals surface area contributed by atoms with Crippen LogP contribution in [0.2, 0.25) is 0 Å². The largest absolute Gasteiger partial charge is 1.00 e. The summed E-state index contributed by atoms with van der Waals surface area (Å²) in [5, 5.41) is 21.4. The van der Waals surface area contributed by atoms with Gasteiger partial charge in [0.25, 0.3) is 0 Å². The van der Waals surface area contributed by atoms with E-state index in [4.69, 9.17) is 26.4 Å². The van der Waals surface area contributed by atoms with Crippen LogP contribution < -0.4 is 56.5 Å². The summed E-state index contributed by atoms with van der Waals surface area (Å²) in [6.45, 7) is 0.755. The number of aryl methyl sites for hydroxylation is 4. The molecule has 4 aliphatic rings. The summed E-state index contributed by atoms with van der Waals surface area (Å²) in [6.07, 6.45) is 7.41. The second kappa shape index (κ2) is 28.5. The van der Waals surface area contributed by atoms with Gasteiger partial charge in [-0.05, 0) is 110 Å². The molecule has 1 amide bonds. The van der Waals surface area contributed by atoms with Crippen molar-refractivity contribution in [2.45, 2.75) is 75.5 Å². The Hall–Kier alpha value is -6.36. The van der Waals surface area contributed by atoms with Gasteiger partial charge in [-0.15, -0.1) is 0 Å². The Labute approximate surface area is 441 Å². The Morgan fingerprint density at radius 3 is 1.65 bits per heavy atom. The maximum atomic E-state index is 11.5. The molecule has 0 saturated carbocycles. The van der Waals surface area contributed by atoms with Crippen molar-refractivity contribution in [2.75, 3.05) is 54.8 Å². The number of carbonyl (C=O) groups excluding carboxylic acids is 2. The fourth-order valence-electron chi connectivity index (χ4n) is 9.05. The molecule has 10 N–H and O–H groups in total. The van der Waals surface area contributed by atoms with Gasteiger partial charge < -0.3 is 54.0 Å². The van der Waals surface area contributed by atoms with Crippen molar-refractivity contribution < 1.29 is 54.4 Å². The van der Waals surface area contributed by atoms with Gasteiger partial charge >= 0.3 is 36.8 Å². The van der Waals surface area contributed by atoms with E-state index in [1.165, 1.54) is 54.0 Å². The number of nitrogens with zero attached hydrogens (tertiary/aromatic N) is 4. The van der Waals surface area contributed by atoms with Crippen LogP contribution >= 0.6 is 0 Å². The number of aromatic carboxylic acids is 1. The minimum atomic E-state index is -0.995. The van der Waals surface area contributed by atoms with Gasteiger partial charge in [-0.1, -0.05) is 97.1 Å². The van der Waals surface area contributed by atoms with E-state index in [-0.39, 0.29) is 73.5 Å². The van der Waals surface area contributed by atoms with Crippen LogP contribution in [0.15, 0.2) is 133 Å². The molecule has 17 heteroatoms. The number of aliphatic carboxylic acids is 1. The molecule has 5 heterocycles. The number of pyridine rings is 1.